The molecular formula is C19H25N3O2. The van der Waals surface area contributed by atoms with Crippen LogP contribution in [0.5, 0.6) is 5.75 Å². The number of pyridine rings is 1. The van der Waals surface area contributed by atoms with Gasteiger partial charge >= 0.3 is 0 Å². The Morgan fingerprint density at radius 1 is 1.08 bits per heavy atom. The molecule has 0 fully saturated rings. The Kier molecular flexibility index (Phi) is 6.61. The van der Waals surface area contributed by atoms with Gasteiger partial charge in [-0.2, -0.15) is 0 Å². The fourth-order valence-corrected chi connectivity index (χ4v) is 2.36. The van der Waals surface area contributed by atoms with E-state index in [2.05, 4.69) is 36.0 Å². The molecule has 1 amide bonds. The molecule has 1 N–H and O–H groups in total. The molecule has 0 aliphatic carbocycles. The van der Waals surface area contributed by atoms with E-state index in [1.165, 1.54) is 5.56 Å². The highest BCUT2D eigenvalue weighted by Crippen LogP contribution is 2.15. The standard InChI is InChI=1S/C19H25N3O2/c1-4-15-7-10-17(11-8-15)24-14-19(23)21-16-9-12-18(20-13-16)22(5-2)6-3/h7-13H,4-6,14H2,1-3H3,(H,21,23). The van der Waals surface area contributed by atoms with E-state index in [4.69, 9.17) is 4.74 Å². The van der Waals surface area contributed by atoms with Crippen molar-refractivity contribution in [3.63, 3.8) is 0 Å². The molecule has 2 aromatic rings. The van der Waals surface area contributed by atoms with Gasteiger partial charge in [-0.3, -0.25) is 4.79 Å². The van der Waals surface area contributed by atoms with Crippen molar-refractivity contribution in [2.24, 2.45) is 0 Å². The van der Waals surface area contributed by atoms with E-state index in [1.807, 2.05) is 36.4 Å². The fourth-order valence-electron chi connectivity index (χ4n) is 2.36. The van der Waals surface area contributed by atoms with Crippen molar-refractivity contribution in [2.75, 3.05) is 29.9 Å². The Hall–Kier alpha value is -2.56. The Morgan fingerprint density at radius 3 is 2.33 bits per heavy atom. The van der Waals surface area contributed by atoms with Crippen molar-refractivity contribution in [3.8, 4) is 5.75 Å². The number of hydrogen-bond acceptors (Lipinski definition) is 4. The summed E-state index contributed by atoms with van der Waals surface area (Å²) >= 11 is 0. The van der Waals surface area contributed by atoms with Gasteiger partial charge in [-0.05, 0) is 50.1 Å². The lowest BCUT2D eigenvalue weighted by atomic mass is 10.2. The second kappa shape index (κ2) is 8.91. The first-order valence-electron chi connectivity index (χ1n) is 8.38. The number of ether oxygens (including phenoxy) is 1. The van der Waals surface area contributed by atoms with Crippen molar-refractivity contribution in [2.45, 2.75) is 27.2 Å². The molecule has 24 heavy (non-hydrogen) atoms. The van der Waals surface area contributed by atoms with Gasteiger partial charge in [0.2, 0.25) is 0 Å². The van der Waals surface area contributed by atoms with Gasteiger partial charge in [0.15, 0.2) is 6.61 Å². The average Bonchev–Trinajstić information content (AvgIpc) is 2.63. The summed E-state index contributed by atoms with van der Waals surface area (Å²) in [5, 5.41) is 2.79. The summed E-state index contributed by atoms with van der Waals surface area (Å²) < 4.78 is 5.50. The smallest absolute Gasteiger partial charge is 0.262 e. The summed E-state index contributed by atoms with van der Waals surface area (Å²) in [5.41, 5.74) is 1.91. The second-order valence-corrected chi connectivity index (χ2v) is 5.41. The molecule has 1 heterocycles. The first-order chi connectivity index (χ1) is 11.7. The maximum absolute atomic E-state index is 12.0. The van der Waals surface area contributed by atoms with Crippen LogP contribution >= 0.6 is 0 Å². The molecule has 0 saturated carbocycles. The molecule has 0 bridgehead atoms. The highest BCUT2D eigenvalue weighted by molar-refractivity contribution is 5.91. The molecule has 0 atom stereocenters. The van der Waals surface area contributed by atoms with Gasteiger partial charge < -0.3 is 15.0 Å². The Balaban J connectivity index is 1.85. The fraction of sp³-hybridized carbons (Fsp3) is 0.368. The predicted molar refractivity (Wildman–Crippen MR) is 97.7 cm³/mol. The van der Waals surface area contributed by atoms with Crippen molar-refractivity contribution in [1.82, 2.24) is 4.98 Å². The summed E-state index contributed by atoms with van der Waals surface area (Å²) in [6, 6.07) is 11.5. The van der Waals surface area contributed by atoms with E-state index < -0.39 is 0 Å². The van der Waals surface area contributed by atoms with E-state index in [0.29, 0.717) is 11.4 Å². The molecule has 0 saturated heterocycles. The molecule has 2 rings (SSSR count). The third kappa shape index (κ3) is 4.98. The second-order valence-electron chi connectivity index (χ2n) is 5.41. The van der Waals surface area contributed by atoms with Crippen LogP contribution in [0.1, 0.15) is 26.3 Å². The molecule has 0 spiro atoms. The molecule has 0 unspecified atom stereocenters. The number of carbonyl (C=O) groups excluding carboxylic acids is 1. The van der Waals surface area contributed by atoms with Crippen LogP contribution in [0.4, 0.5) is 11.5 Å². The topological polar surface area (TPSA) is 54.5 Å². The third-order valence-electron chi connectivity index (χ3n) is 3.82. The van der Waals surface area contributed by atoms with Crippen LogP contribution in [0, 0.1) is 0 Å². The summed E-state index contributed by atoms with van der Waals surface area (Å²) in [4.78, 5) is 18.5. The van der Waals surface area contributed by atoms with E-state index in [9.17, 15) is 4.79 Å². The normalized spacial score (nSPS) is 10.3. The largest absolute Gasteiger partial charge is 0.484 e. The first kappa shape index (κ1) is 17.8. The summed E-state index contributed by atoms with van der Waals surface area (Å²) in [7, 11) is 0. The zero-order chi connectivity index (χ0) is 17.4. The zero-order valence-corrected chi connectivity index (χ0v) is 14.6. The number of aromatic nitrogens is 1. The molecule has 0 aliphatic heterocycles. The van der Waals surface area contributed by atoms with Gasteiger partial charge in [0.05, 0.1) is 11.9 Å². The van der Waals surface area contributed by atoms with E-state index in [1.54, 1.807) is 6.20 Å². The molecule has 128 valence electrons. The van der Waals surface area contributed by atoms with Crippen LogP contribution in [0.2, 0.25) is 0 Å². The van der Waals surface area contributed by atoms with Crippen LogP contribution in [-0.4, -0.2) is 30.6 Å². The van der Waals surface area contributed by atoms with Crippen LogP contribution in [0.15, 0.2) is 42.6 Å². The third-order valence-corrected chi connectivity index (χ3v) is 3.82. The van der Waals surface area contributed by atoms with E-state index in [-0.39, 0.29) is 12.5 Å². The molecule has 5 heteroatoms. The van der Waals surface area contributed by atoms with Gasteiger partial charge in [-0.25, -0.2) is 4.98 Å². The van der Waals surface area contributed by atoms with Crippen LogP contribution < -0.4 is 15.0 Å². The minimum absolute atomic E-state index is 0.0245. The lowest BCUT2D eigenvalue weighted by molar-refractivity contribution is -0.118. The van der Waals surface area contributed by atoms with Crippen molar-refractivity contribution in [3.05, 3.63) is 48.2 Å². The molecule has 0 radical (unpaired) electrons. The Labute approximate surface area is 143 Å². The summed E-state index contributed by atoms with van der Waals surface area (Å²) in [6.07, 6.45) is 2.65. The average molecular weight is 327 g/mol. The van der Waals surface area contributed by atoms with Gasteiger partial charge in [0, 0.05) is 13.1 Å². The number of amides is 1. The van der Waals surface area contributed by atoms with Crippen molar-refractivity contribution < 1.29 is 9.53 Å². The molecule has 1 aromatic heterocycles. The lowest BCUT2D eigenvalue weighted by Crippen LogP contribution is -2.23. The van der Waals surface area contributed by atoms with Crippen LogP contribution in [-0.2, 0) is 11.2 Å². The highest BCUT2D eigenvalue weighted by atomic mass is 16.5. The molecular weight excluding hydrogens is 302 g/mol. The summed E-state index contributed by atoms with van der Waals surface area (Å²) in [6.45, 7) is 8.06. The van der Waals surface area contributed by atoms with Crippen molar-refractivity contribution in [1.29, 1.82) is 0 Å². The number of benzene rings is 1. The van der Waals surface area contributed by atoms with Gasteiger partial charge in [-0.1, -0.05) is 19.1 Å². The predicted octanol–water partition coefficient (Wildman–Crippen LogP) is 3.51. The number of nitrogens with one attached hydrogen (secondary N) is 1. The molecule has 5 nitrogen and oxygen atoms in total. The number of carbonyl (C=O) groups is 1. The SMILES string of the molecule is CCc1ccc(OCC(=O)Nc2ccc(N(CC)CC)nc2)cc1. The van der Waals surface area contributed by atoms with E-state index >= 15 is 0 Å². The minimum Gasteiger partial charge on any atom is -0.484 e. The Morgan fingerprint density at radius 2 is 1.79 bits per heavy atom. The Bertz CT molecular complexity index is 635. The minimum atomic E-state index is -0.202. The number of anilines is 2. The quantitative estimate of drug-likeness (QED) is 0.806. The maximum atomic E-state index is 12.0. The highest BCUT2D eigenvalue weighted by Gasteiger charge is 2.06. The number of rotatable bonds is 8. The number of nitrogens with zero attached hydrogens (tertiary/aromatic N) is 2. The van der Waals surface area contributed by atoms with Gasteiger partial charge in [-0.15, -0.1) is 0 Å². The number of hydrogen-bond donors (Lipinski definition) is 1. The van der Waals surface area contributed by atoms with Gasteiger partial charge in [0.25, 0.3) is 5.91 Å². The van der Waals surface area contributed by atoms with Crippen LogP contribution in [0.25, 0.3) is 0 Å². The lowest BCUT2D eigenvalue weighted by Gasteiger charge is -2.19. The zero-order valence-electron chi connectivity index (χ0n) is 14.6. The first-order valence-corrected chi connectivity index (χ1v) is 8.38. The molecule has 1 aromatic carbocycles. The number of aryl methyl sites for hydroxylation is 1. The maximum Gasteiger partial charge on any atom is 0.262 e. The monoisotopic (exact) mass is 327 g/mol. The van der Waals surface area contributed by atoms with Crippen LogP contribution in [0.3, 0.4) is 0 Å². The van der Waals surface area contributed by atoms with Gasteiger partial charge in [0.1, 0.15) is 11.6 Å². The van der Waals surface area contributed by atoms with Crippen molar-refractivity contribution >= 4 is 17.4 Å². The molecule has 0 aliphatic rings. The summed E-state index contributed by atoms with van der Waals surface area (Å²) in [5.74, 6) is 1.40. The van der Waals surface area contributed by atoms with E-state index in [0.717, 1.165) is 25.3 Å².